The van der Waals surface area contributed by atoms with E-state index in [0.29, 0.717) is 0 Å². The molecule has 1 aromatic carbocycles. The van der Waals surface area contributed by atoms with Crippen molar-refractivity contribution >= 4 is 11.9 Å². The molecule has 1 atom stereocenters. The summed E-state index contributed by atoms with van der Waals surface area (Å²) >= 11 is 0. The first-order valence-electron chi connectivity index (χ1n) is 5.38. The summed E-state index contributed by atoms with van der Waals surface area (Å²) in [6, 6.07) is 8.46. The molecule has 6 nitrogen and oxygen atoms in total. The molecule has 1 rings (SSSR count). The number of carbonyl (C=O) groups excluding carboxylic acids is 1. The zero-order valence-corrected chi connectivity index (χ0v) is 9.70. The van der Waals surface area contributed by atoms with Gasteiger partial charge in [-0.1, -0.05) is 30.3 Å². The van der Waals surface area contributed by atoms with Crippen LogP contribution in [-0.4, -0.2) is 41.9 Å². The minimum Gasteiger partial charge on any atom is -0.480 e. The van der Waals surface area contributed by atoms with Crippen LogP contribution in [0.25, 0.3) is 0 Å². The molecular weight excluding hydrogens is 238 g/mol. The van der Waals surface area contributed by atoms with Crippen molar-refractivity contribution in [2.45, 2.75) is 6.04 Å². The highest BCUT2D eigenvalue weighted by Gasteiger charge is 2.13. The third-order valence-electron chi connectivity index (χ3n) is 2.18. The molecule has 0 bridgehead atoms. The zero-order valence-electron chi connectivity index (χ0n) is 9.70. The van der Waals surface area contributed by atoms with E-state index in [2.05, 4.69) is 10.1 Å². The van der Waals surface area contributed by atoms with Gasteiger partial charge in [-0.05, 0) is 5.56 Å². The lowest BCUT2D eigenvalue weighted by Crippen LogP contribution is -2.34. The summed E-state index contributed by atoms with van der Waals surface area (Å²) in [5.41, 5.74) is 0.770. The van der Waals surface area contributed by atoms with Gasteiger partial charge in [-0.2, -0.15) is 0 Å². The predicted octanol–water partition coefficient (Wildman–Crippen LogP) is -0.0626. The van der Waals surface area contributed by atoms with Crippen molar-refractivity contribution < 1.29 is 24.5 Å². The number of hydrogen-bond acceptors (Lipinski definition) is 4. The third kappa shape index (κ3) is 4.94. The first kappa shape index (κ1) is 14.1. The fourth-order valence-electron chi connectivity index (χ4n) is 1.39. The third-order valence-corrected chi connectivity index (χ3v) is 2.18. The lowest BCUT2D eigenvalue weighted by atomic mass is 10.1. The van der Waals surface area contributed by atoms with E-state index in [9.17, 15) is 14.7 Å². The first-order valence-corrected chi connectivity index (χ1v) is 5.38. The quantitative estimate of drug-likeness (QED) is 0.632. The fraction of sp³-hybridized carbons (Fsp3) is 0.333. The number of nitrogens with one attached hydrogen (secondary N) is 1. The zero-order chi connectivity index (χ0) is 13.4. The van der Waals surface area contributed by atoms with Gasteiger partial charge in [0.25, 0.3) is 0 Å². The van der Waals surface area contributed by atoms with Crippen LogP contribution in [0.3, 0.4) is 0 Å². The molecule has 0 aliphatic carbocycles. The molecular formula is C12H15NO5. The molecule has 0 radical (unpaired) electrons. The van der Waals surface area contributed by atoms with E-state index in [4.69, 9.17) is 5.11 Å². The van der Waals surface area contributed by atoms with E-state index in [1.54, 1.807) is 24.3 Å². The van der Waals surface area contributed by atoms with Gasteiger partial charge in [0.15, 0.2) is 0 Å². The number of amides is 1. The van der Waals surface area contributed by atoms with E-state index in [1.165, 1.54) is 0 Å². The van der Waals surface area contributed by atoms with Gasteiger partial charge in [0.1, 0.15) is 13.2 Å². The van der Waals surface area contributed by atoms with E-state index in [0.717, 1.165) is 5.56 Å². The molecule has 1 unspecified atom stereocenters. The van der Waals surface area contributed by atoms with E-state index in [-0.39, 0.29) is 13.2 Å². The highest BCUT2D eigenvalue weighted by Crippen LogP contribution is 2.11. The Morgan fingerprint density at radius 2 is 1.89 bits per heavy atom. The minimum absolute atomic E-state index is 0.241. The highest BCUT2D eigenvalue weighted by atomic mass is 16.5. The monoisotopic (exact) mass is 253 g/mol. The lowest BCUT2D eigenvalue weighted by Gasteiger charge is -2.16. The summed E-state index contributed by atoms with van der Waals surface area (Å²) in [7, 11) is 0. The summed E-state index contributed by atoms with van der Waals surface area (Å²) in [5.74, 6) is -1.61. The maximum atomic E-state index is 11.4. The van der Waals surface area contributed by atoms with Crippen LogP contribution < -0.4 is 5.32 Å². The van der Waals surface area contributed by atoms with Gasteiger partial charge in [-0.25, -0.2) is 4.79 Å². The van der Waals surface area contributed by atoms with Crippen molar-refractivity contribution in [3.8, 4) is 0 Å². The topological polar surface area (TPSA) is 95.9 Å². The van der Waals surface area contributed by atoms with Gasteiger partial charge in [-0.15, -0.1) is 0 Å². The second-order valence-corrected chi connectivity index (χ2v) is 3.60. The summed E-state index contributed by atoms with van der Waals surface area (Å²) in [6.07, 6.45) is 0. The van der Waals surface area contributed by atoms with Gasteiger partial charge >= 0.3 is 5.97 Å². The van der Waals surface area contributed by atoms with E-state index < -0.39 is 24.5 Å². The average molecular weight is 253 g/mol. The van der Waals surface area contributed by atoms with Crippen LogP contribution in [0.15, 0.2) is 30.3 Å². The normalized spacial score (nSPS) is 11.8. The van der Waals surface area contributed by atoms with Crippen LogP contribution >= 0.6 is 0 Å². The fourth-order valence-corrected chi connectivity index (χ4v) is 1.39. The number of benzene rings is 1. The van der Waals surface area contributed by atoms with Crippen LogP contribution in [0, 0.1) is 0 Å². The number of rotatable bonds is 7. The molecule has 1 aromatic rings. The van der Waals surface area contributed by atoms with Gasteiger partial charge in [0, 0.05) is 0 Å². The van der Waals surface area contributed by atoms with E-state index >= 15 is 0 Å². The number of carbonyl (C=O) groups is 2. The number of aliphatic hydroxyl groups is 1. The number of aliphatic carboxylic acids is 1. The molecule has 0 saturated carbocycles. The molecule has 3 N–H and O–H groups in total. The number of carboxylic acid groups (broad SMARTS) is 1. The van der Waals surface area contributed by atoms with Crippen molar-refractivity contribution in [1.29, 1.82) is 0 Å². The highest BCUT2D eigenvalue weighted by molar-refractivity contribution is 5.78. The minimum atomic E-state index is -1.13. The molecule has 0 spiro atoms. The smallest absolute Gasteiger partial charge is 0.329 e. The Kier molecular flexibility index (Phi) is 5.83. The number of ether oxygens (including phenoxy) is 1. The average Bonchev–Trinajstić information content (AvgIpc) is 2.36. The van der Waals surface area contributed by atoms with Crippen LogP contribution in [0.1, 0.15) is 11.6 Å². The van der Waals surface area contributed by atoms with Crippen LogP contribution in [0.4, 0.5) is 0 Å². The van der Waals surface area contributed by atoms with Crippen molar-refractivity contribution in [3.63, 3.8) is 0 Å². The Morgan fingerprint density at radius 3 is 2.44 bits per heavy atom. The van der Waals surface area contributed by atoms with Crippen molar-refractivity contribution in [3.05, 3.63) is 35.9 Å². The molecule has 0 aliphatic heterocycles. The molecule has 0 aromatic heterocycles. The van der Waals surface area contributed by atoms with Gasteiger partial charge in [0.05, 0.1) is 12.6 Å². The largest absolute Gasteiger partial charge is 0.480 e. The summed E-state index contributed by atoms with van der Waals surface area (Å²) in [6.45, 7) is -1.12. The Bertz CT molecular complexity index is 393. The summed E-state index contributed by atoms with van der Waals surface area (Å²) in [4.78, 5) is 21.6. The van der Waals surface area contributed by atoms with Gasteiger partial charge < -0.3 is 20.3 Å². The standard InChI is InChI=1S/C12H15NO5/c14-6-10(9-4-2-1-3-5-9)13-11(15)7-18-8-12(16)17/h1-5,10,14H,6-8H2,(H,13,15)(H,16,17). The Hall–Kier alpha value is -1.92. The van der Waals surface area contributed by atoms with Crippen LogP contribution in [-0.2, 0) is 14.3 Å². The Labute approximate surface area is 104 Å². The maximum absolute atomic E-state index is 11.4. The molecule has 0 saturated heterocycles. The summed E-state index contributed by atoms with van der Waals surface area (Å²) < 4.78 is 4.64. The molecule has 18 heavy (non-hydrogen) atoms. The second-order valence-electron chi connectivity index (χ2n) is 3.60. The number of aliphatic hydroxyl groups excluding tert-OH is 1. The molecule has 0 heterocycles. The van der Waals surface area contributed by atoms with Gasteiger partial charge in [-0.3, -0.25) is 4.79 Å². The van der Waals surface area contributed by atoms with E-state index in [1.807, 2.05) is 6.07 Å². The second kappa shape index (κ2) is 7.41. The molecule has 1 amide bonds. The van der Waals surface area contributed by atoms with Crippen molar-refractivity contribution in [2.75, 3.05) is 19.8 Å². The Morgan fingerprint density at radius 1 is 1.22 bits per heavy atom. The molecule has 6 heteroatoms. The summed E-state index contributed by atoms with van der Waals surface area (Å²) in [5, 5.41) is 20.1. The first-order chi connectivity index (χ1) is 8.63. The molecule has 0 aliphatic rings. The number of hydrogen-bond donors (Lipinski definition) is 3. The Balaban J connectivity index is 2.44. The lowest BCUT2D eigenvalue weighted by molar-refractivity contribution is -0.143. The van der Waals surface area contributed by atoms with Crippen LogP contribution in [0.5, 0.6) is 0 Å². The van der Waals surface area contributed by atoms with Crippen molar-refractivity contribution in [2.24, 2.45) is 0 Å². The maximum Gasteiger partial charge on any atom is 0.329 e. The molecule has 0 fully saturated rings. The van der Waals surface area contributed by atoms with Gasteiger partial charge in [0.2, 0.25) is 5.91 Å². The SMILES string of the molecule is O=C(O)COCC(=O)NC(CO)c1ccccc1. The predicted molar refractivity (Wildman–Crippen MR) is 62.9 cm³/mol. The number of carboxylic acids is 1. The van der Waals surface area contributed by atoms with Crippen molar-refractivity contribution in [1.82, 2.24) is 5.32 Å². The molecule has 98 valence electrons. The van der Waals surface area contributed by atoms with Crippen LogP contribution in [0.2, 0.25) is 0 Å².